The van der Waals surface area contributed by atoms with Gasteiger partial charge in [0.05, 0.1) is 0 Å². The van der Waals surface area contributed by atoms with E-state index in [2.05, 4.69) is 5.32 Å². The lowest BCUT2D eigenvalue weighted by Gasteiger charge is -2.20. The fourth-order valence-electron chi connectivity index (χ4n) is 2.53. The van der Waals surface area contributed by atoms with Crippen molar-refractivity contribution < 1.29 is 4.79 Å². The van der Waals surface area contributed by atoms with E-state index < -0.39 is 0 Å². The summed E-state index contributed by atoms with van der Waals surface area (Å²) < 4.78 is 0. The van der Waals surface area contributed by atoms with E-state index in [4.69, 9.17) is 11.6 Å². The summed E-state index contributed by atoms with van der Waals surface area (Å²) in [5.41, 5.74) is 0. The minimum Gasteiger partial charge on any atom is -0.356 e. The number of hydrogen-bond acceptors (Lipinski definition) is 1. The van der Waals surface area contributed by atoms with Crippen LogP contribution < -0.4 is 5.32 Å². The average Bonchev–Trinajstić information content (AvgIpc) is 2.35. The molecule has 2 nitrogen and oxygen atoms in total. The number of alkyl halides is 1. The first-order valence-corrected chi connectivity index (χ1v) is 7.69. The predicted octanol–water partition coefficient (Wildman–Crippen LogP) is 3.87. The zero-order chi connectivity index (χ0) is 12.3. The van der Waals surface area contributed by atoms with Crippen molar-refractivity contribution >= 4 is 17.5 Å². The molecule has 1 aliphatic carbocycles. The topological polar surface area (TPSA) is 29.1 Å². The van der Waals surface area contributed by atoms with Crippen LogP contribution in [0.2, 0.25) is 0 Å². The highest BCUT2D eigenvalue weighted by Gasteiger charge is 2.16. The Morgan fingerprint density at radius 1 is 1.06 bits per heavy atom. The van der Waals surface area contributed by atoms with Gasteiger partial charge in [-0.2, -0.15) is 0 Å². The van der Waals surface area contributed by atoms with E-state index in [0.717, 1.165) is 31.7 Å². The van der Waals surface area contributed by atoms with Crippen LogP contribution in [0.3, 0.4) is 0 Å². The van der Waals surface area contributed by atoms with Gasteiger partial charge in [-0.15, -0.1) is 11.6 Å². The third-order valence-corrected chi connectivity index (χ3v) is 3.85. The summed E-state index contributed by atoms with van der Waals surface area (Å²) in [6.07, 6.45) is 11.8. The van der Waals surface area contributed by atoms with Gasteiger partial charge in [0, 0.05) is 18.8 Å². The Morgan fingerprint density at radius 3 is 2.47 bits per heavy atom. The second kappa shape index (κ2) is 9.76. The molecule has 0 bridgehead atoms. The molecule has 0 radical (unpaired) electrons. The Hall–Kier alpha value is -0.240. The fourth-order valence-corrected chi connectivity index (χ4v) is 2.72. The smallest absolute Gasteiger partial charge is 0.220 e. The van der Waals surface area contributed by atoms with Crippen molar-refractivity contribution in [2.75, 3.05) is 12.4 Å². The Bertz CT molecular complexity index is 202. The molecule has 1 aliphatic rings. The lowest BCUT2D eigenvalue weighted by atomic mass is 9.87. The van der Waals surface area contributed by atoms with E-state index in [1.807, 2.05) is 0 Å². The largest absolute Gasteiger partial charge is 0.356 e. The monoisotopic (exact) mass is 259 g/mol. The molecule has 1 amide bonds. The predicted molar refractivity (Wildman–Crippen MR) is 73.4 cm³/mol. The number of carbonyl (C=O) groups is 1. The van der Waals surface area contributed by atoms with Crippen molar-refractivity contribution in [2.24, 2.45) is 5.92 Å². The molecule has 0 spiro atoms. The number of nitrogens with one attached hydrogen (secondary N) is 1. The second-order valence-electron chi connectivity index (χ2n) is 5.16. The molecule has 1 N–H and O–H groups in total. The molecule has 0 aliphatic heterocycles. The number of amides is 1. The van der Waals surface area contributed by atoms with Crippen LogP contribution in [0.4, 0.5) is 0 Å². The summed E-state index contributed by atoms with van der Waals surface area (Å²) in [5, 5.41) is 3.03. The Balaban J connectivity index is 1.93. The molecule has 1 fully saturated rings. The maximum absolute atomic E-state index is 11.7. The van der Waals surface area contributed by atoms with Gasteiger partial charge in [0.2, 0.25) is 5.91 Å². The highest BCUT2D eigenvalue weighted by atomic mass is 35.5. The molecule has 17 heavy (non-hydrogen) atoms. The van der Waals surface area contributed by atoms with Crippen LogP contribution in [0.25, 0.3) is 0 Å². The third kappa shape index (κ3) is 7.64. The van der Waals surface area contributed by atoms with E-state index in [1.165, 1.54) is 44.9 Å². The number of rotatable bonds is 8. The van der Waals surface area contributed by atoms with E-state index >= 15 is 0 Å². The molecule has 1 saturated carbocycles. The summed E-state index contributed by atoms with van der Waals surface area (Å²) in [5.74, 6) is 1.67. The minimum absolute atomic E-state index is 0.259. The zero-order valence-electron chi connectivity index (χ0n) is 10.8. The summed E-state index contributed by atoms with van der Waals surface area (Å²) in [6, 6.07) is 0. The Morgan fingerprint density at radius 2 is 1.76 bits per heavy atom. The normalized spacial score (nSPS) is 17.0. The van der Waals surface area contributed by atoms with Gasteiger partial charge < -0.3 is 5.32 Å². The Labute approximate surface area is 110 Å². The van der Waals surface area contributed by atoms with Gasteiger partial charge in [-0.1, -0.05) is 32.1 Å². The highest BCUT2D eigenvalue weighted by Crippen LogP contribution is 2.25. The summed E-state index contributed by atoms with van der Waals surface area (Å²) >= 11 is 5.60. The van der Waals surface area contributed by atoms with Crippen molar-refractivity contribution in [1.29, 1.82) is 0 Å². The lowest BCUT2D eigenvalue weighted by molar-refractivity contribution is -0.122. The minimum atomic E-state index is 0.259. The number of unbranched alkanes of at least 4 members (excludes halogenated alkanes) is 3. The molecule has 0 heterocycles. The maximum atomic E-state index is 11.7. The number of hydrogen-bond donors (Lipinski definition) is 1. The number of halogens is 1. The molecule has 0 aromatic rings. The molecule has 100 valence electrons. The summed E-state index contributed by atoms with van der Waals surface area (Å²) in [4.78, 5) is 11.7. The molecule has 3 heteroatoms. The maximum Gasteiger partial charge on any atom is 0.220 e. The molecule has 0 aromatic carbocycles. The average molecular weight is 260 g/mol. The van der Waals surface area contributed by atoms with Crippen molar-refractivity contribution in [1.82, 2.24) is 5.32 Å². The van der Waals surface area contributed by atoms with Crippen LogP contribution in [0.5, 0.6) is 0 Å². The van der Waals surface area contributed by atoms with Crippen LogP contribution in [-0.4, -0.2) is 18.3 Å². The molecular weight excluding hydrogens is 234 g/mol. The first-order chi connectivity index (χ1) is 8.33. The highest BCUT2D eigenvalue weighted by molar-refractivity contribution is 6.17. The molecule has 1 rings (SSSR count). The SMILES string of the molecule is O=C(CC1CCCCC1)NCCCCCCCl. The van der Waals surface area contributed by atoms with E-state index in [1.54, 1.807) is 0 Å². The lowest BCUT2D eigenvalue weighted by Crippen LogP contribution is -2.27. The van der Waals surface area contributed by atoms with E-state index in [-0.39, 0.29) is 5.91 Å². The zero-order valence-corrected chi connectivity index (χ0v) is 11.6. The van der Waals surface area contributed by atoms with Crippen molar-refractivity contribution in [3.8, 4) is 0 Å². The van der Waals surface area contributed by atoms with Gasteiger partial charge >= 0.3 is 0 Å². The van der Waals surface area contributed by atoms with Crippen LogP contribution in [0.1, 0.15) is 64.2 Å². The van der Waals surface area contributed by atoms with Gasteiger partial charge in [0.1, 0.15) is 0 Å². The molecule has 0 atom stereocenters. The molecule has 0 unspecified atom stereocenters. The quantitative estimate of drug-likeness (QED) is 0.520. The van der Waals surface area contributed by atoms with E-state index in [9.17, 15) is 4.79 Å². The molecule has 0 aromatic heterocycles. The third-order valence-electron chi connectivity index (χ3n) is 3.58. The van der Waals surface area contributed by atoms with Crippen molar-refractivity contribution in [3.05, 3.63) is 0 Å². The van der Waals surface area contributed by atoms with Crippen LogP contribution in [0, 0.1) is 5.92 Å². The first kappa shape index (κ1) is 14.8. The molecular formula is C14H26ClNO. The van der Waals surface area contributed by atoms with Gasteiger partial charge in [-0.3, -0.25) is 4.79 Å². The fraction of sp³-hybridized carbons (Fsp3) is 0.929. The van der Waals surface area contributed by atoms with Gasteiger partial charge in [0.15, 0.2) is 0 Å². The number of carbonyl (C=O) groups excluding carboxylic acids is 1. The van der Waals surface area contributed by atoms with E-state index in [0.29, 0.717) is 5.92 Å². The summed E-state index contributed by atoms with van der Waals surface area (Å²) in [6.45, 7) is 0.841. The molecule has 0 saturated heterocycles. The standard InChI is InChI=1S/C14H26ClNO/c15-10-6-1-2-7-11-16-14(17)12-13-8-4-3-5-9-13/h13H,1-12H2,(H,16,17). The van der Waals surface area contributed by atoms with Gasteiger partial charge in [-0.25, -0.2) is 0 Å². The van der Waals surface area contributed by atoms with Crippen molar-refractivity contribution in [3.63, 3.8) is 0 Å². The van der Waals surface area contributed by atoms with Gasteiger partial charge in [-0.05, 0) is 31.6 Å². The van der Waals surface area contributed by atoms with Gasteiger partial charge in [0.25, 0.3) is 0 Å². The second-order valence-corrected chi connectivity index (χ2v) is 5.54. The van der Waals surface area contributed by atoms with Crippen LogP contribution >= 0.6 is 11.6 Å². The van der Waals surface area contributed by atoms with Crippen LogP contribution in [0.15, 0.2) is 0 Å². The van der Waals surface area contributed by atoms with Crippen LogP contribution in [-0.2, 0) is 4.79 Å². The Kier molecular flexibility index (Phi) is 8.50. The first-order valence-electron chi connectivity index (χ1n) is 7.15. The summed E-state index contributed by atoms with van der Waals surface area (Å²) in [7, 11) is 0. The van der Waals surface area contributed by atoms with Crippen molar-refractivity contribution in [2.45, 2.75) is 64.2 Å².